The van der Waals surface area contributed by atoms with Crippen LogP contribution < -0.4 is 10.2 Å². The van der Waals surface area contributed by atoms with Gasteiger partial charge in [-0.05, 0) is 41.0 Å². The van der Waals surface area contributed by atoms with Gasteiger partial charge < -0.3 is 4.74 Å². The highest BCUT2D eigenvalue weighted by Gasteiger charge is 2.01. The fourth-order valence-corrected chi connectivity index (χ4v) is 2.24. The summed E-state index contributed by atoms with van der Waals surface area (Å²) < 4.78 is 5.47. The van der Waals surface area contributed by atoms with Crippen LogP contribution in [-0.4, -0.2) is 23.7 Å². The molecule has 0 bridgehead atoms. The Balaban J connectivity index is 1.45. The predicted octanol–water partition coefficient (Wildman–Crippen LogP) is 3.78. The van der Waals surface area contributed by atoms with Crippen molar-refractivity contribution in [2.75, 3.05) is 6.61 Å². The molecule has 0 saturated carbocycles. The van der Waals surface area contributed by atoms with E-state index in [4.69, 9.17) is 4.74 Å². The van der Waals surface area contributed by atoms with Gasteiger partial charge in [-0.3, -0.25) is 9.78 Å². The molecule has 3 aromatic rings. The zero-order chi connectivity index (χ0) is 18.7. The maximum absolute atomic E-state index is 11.8. The lowest BCUT2D eigenvalue weighted by Crippen LogP contribution is -2.24. The van der Waals surface area contributed by atoms with Gasteiger partial charge in [-0.15, -0.1) is 0 Å². The molecular weight excluding hydrogens is 338 g/mol. The highest BCUT2D eigenvalue weighted by atomic mass is 16.5. The Morgan fingerprint density at radius 1 is 0.889 bits per heavy atom. The minimum atomic E-state index is -0.326. The van der Waals surface area contributed by atoms with Gasteiger partial charge in [0.15, 0.2) is 6.61 Å². The number of hydrogen-bond acceptors (Lipinski definition) is 4. The van der Waals surface area contributed by atoms with Crippen LogP contribution in [0.25, 0.3) is 12.2 Å². The van der Waals surface area contributed by atoms with Crippen LogP contribution in [0.2, 0.25) is 0 Å². The van der Waals surface area contributed by atoms with Crippen LogP contribution in [0.1, 0.15) is 16.7 Å². The second-order valence-electron chi connectivity index (χ2n) is 5.68. The van der Waals surface area contributed by atoms with Gasteiger partial charge in [0.1, 0.15) is 5.75 Å². The van der Waals surface area contributed by atoms with Crippen molar-refractivity contribution in [1.29, 1.82) is 0 Å². The van der Waals surface area contributed by atoms with Crippen molar-refractivity contribution in [3.63, 3.8) is 0 Å². The van der Waals surface area contributed by atoms with E-state index in [1.165, 1.54) is 0 Å². The number of pyridine rings is 1. The van der Waals surface area contributed by atoms with E-state index in [9.17, 15) is 4.79 Å². The van der Waals surface area contributed by atoms with Crippen LogP contribution in [0.4, 0.5) is 0 Å². The van der Waals surface area contributed by atoms with Crippen LogP contribution in [0, 0.1) is 0 Å². The number of amides is 1. The van der Waals surface area contributed by atoms with Crippen LogP contribution in [0.5, 0.6) is 5.75 Å². The molecule has 5 nitrogen and oxygen atoms in total. The molecule has 1 heterocycles. The molecule has 27 heavy (non-hydrogen) atoms. The van der Waals surface area contributed by atoms with Crippen molar-refractivity contribution >= 4 is 24.3 Å². The molecule has 1 N–H and O–H groups in total. The highest BCUT2D eigenvalue weighted by molar-refractivity contribution is 5.82. The van der Waals surface area contributed by atoms with E-state index in [2.05, 4.69) is 15.5 Å². The summed E-state index contributed by atoms with van der Waals surface area (Å²) >= 11 is 0. The van der Waals surface area contributed by atoms with Crippen LogP contribution in [0.15, 0.2) is 84.2 Å². The minimum Gasteiger partial charge on any atom is -0.484 e. The van der Waals surface area contributed by atoms with Gasteiger partial charge in [0.05, 0.1) is 6.21 Å². The Hall–Kier alpha value is -3.73. The quantitative estimate of drug-likeness (QED) is 0.398. The first-order valence-corrected chi connectivity index (χ1v) is 8.47. The van der Waals surface area contributed by atoms with Gasteiger partial charge in [0, 0.05) is 12.4 Å². The molecule has 0 aliphatic heterocycles. The number of carbonyl (C=O) groups is 1. The fourth-order valence-electron chi connectivity index (χ4n) is 2.24. The van der Waals surface area contributed by atoms with E-state index in [0.717, 1.165) is 16.7 Å². The summed E-state index contributed by atoms with van der Waals surface area (Å²) in [5.74, 6) is 0.300. The topological polar surface area (TPSA) is 63.6 Å². The zero-order valence-corrected chi connectivity index (χ0v) is 14.7. The molecule has 0 fully saturated rings. The lowest BCUT2D eigenvalue weighted by atomic mass is 10.1. The van der Waals surface area contributed by atoms with Crippen molar-refractivity contribution in [1.82, 2.24) is 10.4 Å². The number of hydrogen-bond donors (Lipinski definition) is 1. The van der Waals surface area contributed by atoms with E-state index < -0.39 is 0 Å². The summed E-state index contributed by atoms with van der Waals surface area (Å²) in [5, 5.41) is 3.88. The summed E-state index contributed by atoms with van der Waals surface area (Å²) in [6.07, 6.45) is 8.94. The molecule has 0 atom stereocenters. The van der Waals surface area contributed by atoms with Gasteiger partial charge in [0.25, 0.3) is 5.91 Å². The lowest BCUT2D eigenvalue weighted by Gasteiger charge is -2.05. The highest BCUT2D eigenvalue weighted by Crippen LogP contribution is 2.14. The third-order valence-electron chi connectivity index (χ3n) is 3.63. The normalized spacial score (nSPS) is 11.0. The maximum Gasteiger partial charge on any atom is 0.277 e. The van der Waals surface area contributed by atoms with E-state index >= 15 is 0 Å². The minimum absolute atomic E-state index is 0.104. The van der Waals surface area contributed by atoms with Crippen molar-refractivity contribution in [3.05, 3.63) is 95.8 Å². The molecule has 0 aliphatic carbocycles. The van der Waals surface area contributed by atoms with Crippen molar-refractivity contribution in [2.45, 2.75) is 0 Å². The first-order valence-electron chi connectivity index (χ1n) is 8.47. The first kappa shape index (κ1) is 18.1. The van der Waals surface area contributed by atoms with Gasteiger partial charge in [0.2, 0.25) is 0 Å². The summed E-state index contributed by atoms with van der Waals surface area (Å²) in [6, 6.07) is 21.2. The number of nitrogens with zero attached hydrogens (tertiary/aromatic N) is 2. The summed E-state index contributed by atoms with van der Waals surface area (Å²) in [5.41, 5.74) is 5.47. The summed E-state index contributed by atoms with van der Waals surface area (Å²) in [4.78, 5) is 15.7. The molecule has 0 spiro atoms. The molecule has 1 aromatic heterocycles. The van der Waals surface area contributed by atoms with Gasteiger partial charge in [-0.25, -0.2) is 5.43 Å². The van der Waals surface area contributed by atoms with Crippen LogP contribution in [-0.2, 0) is 4.79 Å². The predicted molar refractivity (Wildman–Crippen MR) is 107 cm³/mol. The zero-order valence-electron chi connectivity index (χ0n) is 14.7. The Bertz CT molecular complexity index is 905. The molecule has 0 radical (unpaired) electrons. The number of nitrogens with one attached hydrogen (secondary N) is 1. The van der Waals surface area contributed by atoms with Gasteiger partial charge in [-0.1, -0.05) is 54.6 Å². The number of ether oxygens (including phenoxy) is 1. The van der Waals surface area contributed by atoms with E-state index in [-0.39, 0.29) is 12.5 Å². The smallest absolute Gasteiger partial charge is 0.277 e. The van der Waals surface area contributed by atoms with Crippen molar-refractivity contribution in [2.24, 2.45) is 5.10 Å². The largest absolute Gasteiger partial charge is 0.484 e. The molecule has 0 unspecified atom stereocenters. The Labute approximate surface area is 158 Å². The second-order valence-corrected chi connectivity index (χ2v) is 5.68. The average molecular weight is 357 g/mol. The average Bonchev–Trinajstić information content (AvgIpc) is 2.73. The first-order chi connectivity index (χ1) is 13.3. The van der Waals surface area contributed by atoms with Crippen LogP contribution >= 0.6 is 0 Å². The van der Waals surface area contributed by atoms with Gasteiger partial charge >= 0.3 is 0 Å². The fraction of sp³-hybridized carbons (Fsp3) is 0.0455. The number of aromatic nitrogens is 1. The molecular formula is C22H19N3O2. The number of hydrazone groups is 1. The van der Waals surface area contributed by atoms with E-state index in [0.29, 0.717) is 5.75 Å². The summed E-state index contributed by atoms with van der Waals surface area (Å²) in [6.45, 7) is -0.104. The van der Waals surface area contributed by atoms with Crippen molar-refractivity contribution < 1.29 is 9.53 Å². The monoisotopic (exact) mass is 357 g/mol. The third-order valence-corrected chi connectivity index (χ3v) is 3.63. The Morgan fingerprint density at radius 2 is 1.56 bits per heavy atom. The molecule has 0 aliphatic rings. The lowest BCUT2D eigenvalue weighted by molar-refractivity contribution is -0.123. The van der Waals surface area contributed by atoms with Crippen molar-refractivity contribution in [3.8, 4) is 5.75 Å². The number of benzene rings is 2. The standard InChI is InChI=1S/C22H19N3O2/c26-22(25-24-16-20-12-14-23-15-13-20)17-27-21-10-8-19(9-11-21)7-6-18-4-2-1-3-5-18/h1-16H,17H2,(H,25,26)/b7-6+,24-16+. The van der Waals surface area contributed by atoms with E-state index in [1.807, 2.05) is 66.7 Å². The molecule has 1 amide bonds. The number of carbonyl (C=O) groups excluding carboxylic acids is 1. The Kier molecular flexibility index (Phi) is 6.48. The second kappa shape index (κ2) is 9.68. The van der Waals surface area contributed by atoms with Gasteiger partial charge in [-0.2, -0.15) is 5.10 Å². The Morgan fingerprint density at radius 3 is 2.26 bits per heavy atom. The maximum atomic E-state index is 11.8. The van der Waals surface area contributed by atoms with E-state index in [1.54, 1.807) is 30.7 Å². The molecule has 2 aromatic carbocycles. The molecule has 5 heteroatoms. The third kappa shape index (κ3) is 6.25. The molecule has 3 rings (SSSR count). The molecule has 0 saturated heterocycles. The van der Waals surface area contributed by atoms with Crippen LogP contribution in [0.3, 0.4) is 0 Å². The SMILES string of the molecule is O=C(COc1ccc(/C=C/c2ccccc2)cc1)N/N=C/c1ccncc1. The number of rotatable bonds is 7. The summed E-state index contributed by atoms with van der Waals surface area (Å²) in [7, 11) is 0. The molecule has 134 valence electrons.